The maximum atomic E-state index is 11.4. The highest BCUT2D eigenvalue weighted by atomic mass is 16.5. The quantitative estimate of drug-likeness (QED) is 0.679. The molecule has 0 bridgehead atoms. The van der Waals surface area contributed by atoms with Crippen molar-refractivity contribution >= 4 is 5.82 Å². The normalized spacial score (nSPS) is 20.7. The van der Waals surface area contributed by atoms with Crippen LogP contribution in [-0.4, -0.2) is 41.4 Å². The topological polar surface area (TPSA) is 78.5 Å². The Hall–Kier alpha value is -1.56. The summed E-state index contributed by atoms with van der Waals surface area (Å²) in [6.07, 6.45) is 1.68. The van der Waals surface area contributed by atoms with Gasteiger partial charge >= 0.3 is 0 Å². The highest BCUT2D eigenvalue weighted by molar-refractivity contribution is 5.51. The predicted molar refractivity (Wildman–Crippen MR) is 54.2 cm³/mol. The Balaban J connectivity index is 2.35. The molecule has 1 aliphatic heterocycles. The van der Waals surface area contributed by atoms with Crippen LogP contribution >= 0.6 is 0 Å². The van der Waals surface area contributed by atoms with Crippen LogP contribution in [-0.2, 0) is 0 Å². The van der Waals surface area contributed by atoms with Crippen LogP contribution in [0.15, 0.2) is 11.1 Å². The number of H-pyrrole nitrogens is 1. The van der Waals surface area contributed by atoms with Gasteiger partial charge in [-0.25, -0.2) is 4.98 Å². The second-order valence-corrected chi connectivity index (χ2v) is 3.48. The number of aromatic amines is 1. The van der Waals surface area contributed by atoms with Crippen molar-refractivity contribution in [3.05, 3.63) is 16.7 Å². The van der Waals surface area contributed by atoms with E-state index in [0.29, 0.717) is 25.3 Å². The number of hydrogen-bond donors (Lipinski definition) is 2. The van der Waals surface area contributed by atoms with E-state index in [1.54, 1.807) is 0 Å². The van der Waals surface area contributed by atoms with E-state index in [1.807, 2.05) is 4.90 Å². The summed E-state index contributed by atoms with van der Waals surface area (Å²) in [5.41, 5.74) is -0.302. The summed E-state index contributed by atoms with van der Waals surface area (Å²) in [6.45, 7) is 1.18. The van der Waals surface area contributed by atoms with Crippen LogP contribution in [0.4, 0.5) is 5.82 Å². The van der Waals surface area contributed by atoms with Crippen molar-refractivity contribution in [1.29, 1.82) is 0 Å². The molecule has 82 valence electrons. The van der Waals surface area contributed by atoms with E-state index in [4.69, 9.17) is 4.74 Å². The molecule has 0 spiro atoms. The smallest absolute Gasteiger partial charge is 0.295 e. The first-order valence-electron chi connectivity index (χ1n) is 4.77. The molecule has 0 unspecified atom stereocenters. The molecule has 1 aromatic rings. The first kappa shape index (κ1) is 9.97. The standard InChI is InChI=1S/C9H13N3O3/c1-15-7-8(10-5-11-9(7)14)12-3-2-6(13)4-12/h5-6,13H,2-4H2,1H3,(H,10,11,14)/t6-/m1/s1. The largest absolute Gasteiger partial charge is 0.489 e. The molecule has 0 amide bonds. The molecule has 1 saturated heterocycles. The van der Waals surface area contributed by atoms with Gasteiger partial charge in [0, 0.05) is 13.1 Å². The van der Waals surface area contributed by atoms with Gasteiger partial charge in [0.25, 0.3) is 5.56 Å². The van der Waals surface area contributed by atoms with E-state index < -0.39 is 0 Å². The summed E-state index contributed by atoms with van der Waals surface area (Å²) in [5, 5.41) is 9.40. The van der Waals surface area contributed by atoms with Crippen molar-refractivity contribution < 1.29 is 9.84 Å². The van der Waals surface area contributed by atoms with Gasteiger partial charge in [-0.2, -0.15) is 0 Å². The van der Waals surface area contributed by atoms with Crippen LogP contribution < -0.4 is 15.2 Å². The Morgan fingerprint density at radius 1 is 1.73 bits per heavy atom. The molecule has 1 fully saturated rings. The first-order valence-corrected chi connectivity index (χ1v) is 4.77. The van der Waals surface area contributed by atoms with E-state index in [0.717, 1.165) is 0 Å². The molecule has 2 heterocycles. The number of rotatable bonds is 2. The summed E-state index contributed by atoms with van der Waals surface area (Å²) in [4.78, 5) is 19.8. The summed E-state index contributed by atoms with van der Waals surface area (Å²) < 4.78 is 4.99. The Labute approximate surface area is 86.5 Å². The lowest BCUT2D eigenvalue weighted by molar-refractivity contribution is 0.198. The van der Waals surface area contributed by atoms with Crippen molar-refractivity contribution in [3.8, 4) is 5.75 Å². The van der Waals surface area contributed by atoms with Crippen LogP contribution in [0.3, 0.4) is 0 Å². The Morgan fingerprint density at radius 2 is 2.53 bits per heavy atom. The van der Waals surface area contributed by atoms with Gasteiger partial charge in [0.1, 0.15) is 0 Å². The third-order valence-corrected chi connectivity index (χ3v) is 2.46. The molecule has 0 saturated carbocycles. The van der Waals surface area contributed by atoms with E-state index in [1.165, 1.54) is 13.4 Å². The van der Waals surface area contributed by atoms with Crippen molar-refractivity contribution in [2.45, 2.75) is 12.5 Å². The number of nitrogens with zero attached hydrogens (tertiary/aromatic N) is 2. The third-order valence-electron chi connectivity index (χ3n) is 2.46. The minimum Gasteiger partial charge on any atom is -0.489 e. The Morgan fingerprint density at radius 3 is 3.13 bits per heavy atom. The second kappa shape index (κ2) is 3.90. The minimum atomic E-state index is -0.351. The van der Waals surface area contributed by atoms with Crippen molar-refractivity contribution in [1.82, 2.24) is 9.97 Å². The summed E-state index contributed by atoms with van der Waals surface area (Å²) in [6, 6.07) is 0. The molecule has 6 nitrogen and oxygen atoms in total. The van der Waals surface area contributed by atoms with Crippen LogP contribution in [0.2, 0.25) is 0 Å². The molecule has 0 aromatic carbocycles. The molecule has 2 rings (SSSR count). The SMILES string of the molecule is COc1c(N2CC[C@@H](O)C2)nc[nH]c1=O. The lowest BCUT2D eigenvalue weighted by atomic mass is 10.3. The fourth-order valence-electron chi connectivity index (χ4n) is 1.72. The molecule has 0 radical (unpaired) electrons. The Bertz CT molecular complexity index is 404. The average molecular weight is 211 g/mol. The van der Waals surface area contributed by atoms with Crippen molar-refractivity contribution in [2.24, 2.45) is 0 Å². The zero-order valence-corrected chi connectivity index (χ0v) is 8.43. The number of aliphatic hydroxyl groups excluding tert-OH is 1. The average Bonchev–Trinajstić information content (AvgIpc) is 2.64. The predicted octanol–water partition coefficient (Wildman–Crippen LogP) is -0.651. The highest BCUT2D eigenvalue weighted by Crippen LogP contribution is 2.24. The number of methoxy groups -OCH3 is 1. The number of aliphatic hydroxyl groups is 1. The van der Waals surface area contributed by atoms with Gasteiger partial charge in [0.2, 0.25) is 5.75 Å². The molecule has 1 atom stereocenters. The maximum absolute atomic E-state index is 11.4. The zero-order valence-electron chi connectivity index (χ0n) is 8.43. The number of β-amino-alcohol motifs (C(OH)–C–C–N with tert-alkyl or cyclic N) is 1. The van der Waals surface area contributed by atoms with Gasteiger partial charge in [0.15, 0.2) is 5.82 Å². The molecule has 0 aliphatic carbocycles. The van der Waals surface area contributed by atoms with Crippen LogP contribution in [0, 0.1) is 0 Å². The van der Waals surface area contributed by atoms with E-state index in [9.17, 15) is 9.90 Å². The van der Waals surface area contributed by atoms with Crippen molar-refractivity contribution in [3.63, 3.8) is 0 Å². The fraction of sp³-hybridized carbons (Fsp3) is 0.556. The second-order valence-electron chi connectivity index (χ2n) is 3.48. The monoisotopic (exact) mass is 211 g/mol. The first-order chi connectivity index (χ1) is 7.22. The van der Waals surface area contributed by atoms with Gasteiger partial charge in [-0.1, -0.05) is 0 Å². The number of hydrogen-bond acceptors (Lipinski definition) is 5. The zero-order chi connectivity index (χ0) is 10.8. The van der Waals surface area contributed by atoms with E-state index >= 15 is 0 Å². The molecule has 1 aromatic heterocycles. The van der Waals surface area contributed by atoms with Gasteiger partial charge in [-0.15, -0.1) is 0 Å². The maximum Gasteiger partial charge on any atom is 0.295 e. The summed E-state index contributed by atoms with van der Waals surface area (Å²) in [7, 11) is 1.43. The van der Waals surface area contributed by atoms with Gasteiger partial charge in [-0.3, -0.25) is 4.79 Å². The van der Waals surface area contributed by atoms with Gasteiger partial charge < -0.3 is 19.7 Å². The molecule has 6 heteroatoms. The molecule has 1 aliphatic rings. The van der Waals surface area contributed by atoms with E-state index in [2.05, 4.69) is 9.97 Å². The molecular formula is C9H13N3O3. The minimum absolute atomic E-state index is 0.201. The van der Waals surface area contributed by atoms with Crippen LogP contribution in [0.25, 0.3) is 0 Å². The van der Waals surface area contributed by atoms with Crippen LogP contribution in [0.5, 0.6) is 5.75 Å². The van der Waals surface area contributed by atoms with Crippen molar-refractivity contribution in [2.75, 3.05) is 25.1 Å². The van der Waals surface area contributed by atoms with E-state index in [-0.39, 0.29) is 17.4 Å². The highest BCUT2D eigenvalue weighted by Gasteiger charge is 2.24. The fourth-order valence-corrected chi connectivity index (χ4v) is 1.72. The molecular weight excluding hydrogens is 198 g/mol. The van der Waals surface area contributed by atoms with Gasteiger partial charge in [0.05, 0.1) is 19.5 Å². The lowest BCUT2D eigenvalue weighted by Gasteiger charge is -2.17. The van der Waals surface area contributed by atoms with Crippen LogP contribution in [0.1, 0.15) is 6.42 Å². The lowest BCUT2D eigenvalue weighted by Crippen LogP contribution is -2.25. The number of ether oxygens (including phenoxy) is 1. The van der Waals surface area contributed by atoms with Gasteiger partial charge in [-0.05, 0) is 6.42 Å². The Kier molecular flexibility index (Phi) is 2.59. The number of anilines is 1. The summed E-state index contributed by atoms with van der Waals surface area (Å²) >= 11 is 0. The molecule has 15 heavy (non-hydrogen) atoms. The molecule has 2 N–H and O–H groups in total. The third kappa shape index (κ3) is 1.80. The number of aromatic nitrogens is 2. The number of nitrogens with one attached hydrogen (secondary N) is 1. The summed E-state index contributed by atoms with van der Waals surface area (Å²) in [5.74, 6) is 0.699.